The second-order valence-corrected chi connectivity index (χ2v) is 13.2. The first kappa shape index (κ1) is 31.3. The van der Waals surface area contributed by atoms with Crippen LogP contribution in [-0.2, 0) is 26.2 Å². The van der Waals surface area contributed by atoms with Crippen LogP contribution in [-0.4, -0.2) is 43.8 Å². The van der Waals surface area contributed by atoms with Crippen LogP contribution in [0.1, 0.15) is 67.7 Å². The lowest BCUT2D eigenvalue weighted by Gasteiger charge is -2.34. The Balaban J connectivity index is 1.71. The van der Waals surface area contributed by atoms with Gasteiger partial charge in [-0.2, -0.15) is 0 Å². The van der Waals surface area contributed by atoms with Crippen LogP contribution in [0, 0.1) is 20.8 Å². The second-order valence-electron chi connectivity index (χ2n) is 11.4. The Labute approximate surface area is 251 Å². The molecule has 0 aromatic heterocycles. The molecule has 0 saturated heterocycles. The van der Waals surface area contributed by atoms with Gasteiger partial charge in [0, 0.05) is 12.6 Å². The highest BCUT2D eigenvalue weighted by molar-refractivity contribution is 7.92. The van der Waals surface area contributed by atoms with Crippen LogP contribution in [0.5, 0.6) is 0 Å². The molecule has 1 aliphatic rings. The predicted octanol–water partition coefficient (Wildman–Crippen LogP) is 6.06. The normalized spacial score (nSPS) is 14.7. The van der Waals surface area contributed by atoms with E-state index in [0.717, 1.165) is 47.9 Å². The minimum Gasteiger partial charge on any atom is -0.352 e. The minimum atomic E-state index is -4.09. The lowest BCUT2D eigenvalue weighted by molar-refractivity contribution is -0.140. The van der Waals surface area contributed by atoms with Crippen LogP contribution in [0.2, 0.25) is 0 Å². The molecule has 2 amide bonds. The van der Waals surface area contributed by atoms with Crippen molar-refractivity contribution in [2.45, 2.75) is 89.7 Å². The van der Waals surface area contributed by atoms with Gasteiger partial charge in [-0.25, -0.2) is 8.42 Å². The quantitative estimate of drug-likeness (QED) is 0.294. The fraction of sp³-hybridized carbons (Fsp3) is 0.412. The number of hydrogen-bond acceptors (Lipinski definition) is 4. The SMILES string of the molecule is CC[C@@H](C(=O)NC1CCCCC1)N(Cc1ccccc1)C(=O)CN(c1ccc(C)c(C)c1)S(=O)(=O)c1ccc(C)cc1. The molecule has 0 radical (unpaired) electrons. The second kappa shape index (κ2) is 14.0. The van der Waals surface area contributed by atoms with Gasteiger partial charge in [0.05, 0.1) is 10.6 Å². The van der Waals surface area contributed by atoms with E-state index in [-0.39, 0.29) is 23.4 Å². The zero-order valence-electron chi connectivity index (χ0n) is 25.2. The Morgan fingerprint density at radius 2 is 1.55 bits per heavy atom. The van der Waals surface area contributed by atoms with Crippen molar-refractivity contribution in [2.24, 2.45) is 0 Å². The summed E-state index contributed by atoms with van der Waals surface area (Å²) in [7, 11) is -4.09. The first-order chi connectivity index (χ1) is 20.1. The number of nitrogens with one attached hydrogen (secondary N) is 1. The van der Waals surface area contributed by atoms with Gasteiger partial charge in [0.25, 0.3) is 10.0 Å². The molecule has 1 fully saturated rings. The minimum absolute atomic E-state index is 0.0999. The maximum Gasteiger partial charge on any atom is 0.264 e. The van der Waals surface area contributed by atoms with Crippen molar-refractivity contribution in [3.05, 3.63) is 95.1 Å². The lowest BCUT2D eigenvalue weighted by Crippen LogP contribution is -2.54. The maximum absolute atomic E-state index is 14.3. The molecule has 42 heavy (non-hydrogen) atoms. The van der Waals surface area contributed by atoms with Gasteiger partial charge in [-0.3, -0.25) is 13.9 Å². The maximum atomic E-state index is 14.3. The molecule has 0 spiro atoms. The molecule has 1 N–H and O–H groups in total. The highest BCUT2D eigenvalue weighted by Crippen LogP contribution is 2.27. The summed E-state index contributed by atoms with van der Waals surface area (Å²) in [6.45, 7) is 7.43. The third-order valence-corrected chi connectivity index (χ3v) is 9.99. The molecule has 0 unspecified atom stereocenters. The standard InChI is InChI=1S/C34H43N3O4S/c1-5-32(34(39)35-29-14-10-7-11-15-29)36(23-28-12-8-6-9-13-28)33(38)24-37(30-19-18-26(3)27(4)22-30)42(40,41)31-20-16-25(2)17-21-31/h6,8-9,12-13,16-22,29,32H,5,7,10-11,14-15,23-24H2,1-4H3,(H,35,39)/t32-/m0/s1. The summed E-state index contributed by atoms with van der Waals surface area (Å²) in [4.78, 5) is 29.5. The van der Waals surface area contributed by atoms with E-state index in [9.17, 15) is 18.0 Å². The Kier molecular flexibility index (Phi) is 10.4. The molecule has 1 aliphatic carbocycles. The smallest absolute Gasteiger partial charge is 0.264 e. The summed E-state index contributed by atoms with van der Waals surface area (Å²) >= 11 is 0. The molecule has 1 saturated carbocycles. The molecule has 7 nitrogen and oxygen atoms in total. The van der Waals surface area contributed by atoms with E-state index in [2.05, 4.69) is 5.32 Å². The molecule has 8 heteroatoms. The number of amides is 2. The third-order valence-electron chi connectivity index (χ3n) is 8.20. The predicted molar refractivity (Wildman–Crippen MR) is 168 cm³/mol. The van der Waals surface area contributed by atoms with Gasteiger partial charge in [-0.05, 0) is 81.0 Å². The van der Waals surface area contributed by atoms with Crippen molar-refractivity contribution in [2.75, 3.05) is 10.8 Å². The fourth-order valence-corrected chi connectivity index (χ4v) is 6.90. The van der Waals surface area contributed by atoms with Crippen molar-refractivity contribution in [1.82, 2.24) is 10.2 Å². The van der Waals surface area contributed by atoms with Gasteiger partial charge in [-0.1, -0.05) is 80.3 Å². The number of anilines is 1. The fourth-order valence-electron chi connectivity index (χ4n) is 5.49. The van der Waals surface area contributed by atoms with Crippen molar-refractivity contribution < 1.29 is 18.0 Å². The summed E-state index contributed by atoms with van der Waals surface area (Å²) in [5, 5.41) is 3.19. The van der Waals surface area contributed by atoms with Gasteiger partial charge >= 0.3 is 0 Å². The van der Waals surface area contributed by atoms with Crippen LogP contribution < -0.4 is 9.62 Å². The zero-order valence-corrected chi connectivity index (χ0v) is 26.0. The van der Waals surface area contributed by atoms with Crippen molar-refractivity contribution in [1.29, 1.82) is 0 Å². The van der Waals surface area contributed by atoms with Crippen LogP contribution in [0.3, 0.4) is 0 Å². The van der Waals surface area contributed by atoms with E-state index < -0.39 is 28.5 Å². The number of nitrogens with zero attached hydrogens (tertiary/aromatic N) is 2. The lowest BCUT2D eigenvalue weighted by atomic mass is 9.95. The molecule has 0 heterocycles. The summed E-state index contributed by atoms with van der Waals surface area (Å²) in [5.41, 5.74) is 4.16. The molecule has 3 aromatic rings. The highest BCUT2D eigenvalue weighted by atomic mass is 32.2. The van der Waals surface area contributed by atoms with E-state index in [1.54, 1.807) is 41.3 Å². The molecule has 1 atom stereocenters. The average molecular weight is 590 g/mol. The van der Waals surface area contributed by atoms with Gasteiger partial charge in [0.1, 0.15) is 12.6 Å². The van der Waals surface area contributed by atoms with Crippen molar-refractivity contribution in [3.8, 4) is 0 Å². The largest absolute Gasteiger partial charge is 0.352 e. The number of sulfonamides is 1. The summed E-state index contributed by atoms with van der Waals surface area (Å²) < 4.78 is 29.3. The number of carbonyl (C=O) groups excluding carboxylic acids is 2. The van der Waals surface area contributed by atoms with Gasteiger partial charge in [-0.15, -0.1) is 0 Å². The zero-order chi connectivity index (χ0) is 30.3. The molecular weight excluding hydrogens is 546 g/mol. The molecule has 224 valence electrons. The summed E-state index contributed by atoms with van der Waals surface area (Å²) in [6.07, 6.45) is 5.61. The van der Waals surface area contributed by atoms with Gasteiger partial charge in [0.2, 0.25) is 11.8 Å². The van der Waals surface area contributed by atoms with Crippen LogP contribution in [0.25, 0.3) is 0 Å². The van der Waals surface area contributed by atoms with E-state index in [4.69, 9.17) is 0 Å². The van der Waals surface area contributed by atoms with Gasteiger partial charge in [0.15, 0.2) is 0 Å². The Morgan fingerprint density at radius 3 is 2.17 bits per heavy atom. The number of aryl methyl sites for hydroxylation is 3. The summed E-state index contributed by atoms with van der Waals surface area (Å²) in [6, 6.07) is 20.9. The van der Waals surface area contributed by atoms with Crippen LogP contribution in [0.15, 0.2) is 77.7 Å². The number of benzene rings is 3. The van der Waals surface area contributed by atoms with E-state index in [1.807, 2.05) is 64.1 Å². The number of carbonyl (C=O) groups is 2. The molecule has 3 aromatic carbocycles. The monoisotopic (exact) mass is 589 g/mol. The van der Waals surface area contributed by atoms with Gasteiger partial charge < -0.3 is 10.2 Å². The first-order valence-electron chi connectivity index (χ1n) is 14.9. The first-order valence-corrected chi connectivity index (χ1v) is 16.3. The Hall–Kier alpha value is -3.65. The molecule has 0 bridgehead atoms. The van der Waals surface area contributed by atoms with Crippen molar-refractivity contribution in [3.63, 3.8) is 0 Å². The number of rotatable bonds is 11. The average Bonchev–Trinajstić information content (AvgIpc) is 2.98. The van der Waals surface area contributed by atoms with E-state index >= 15 is 0 Å². The molecule has 0 aliphatic heterocycles. The Bertz CT molecular complexity index is 1470. The topological polar surface area (TPSA) is 86.8 Å². The third kappa shape index (κ3) is 7.59. The van der Waals surface area contributed by atoms with Crippen LogP contribution >= 0.6 is 0 Å². The Morgan fingerprint density at radius 1 is 0.881 bits per heavy atom. The van der Waals surface area contributed by atoms with E-state index in [1.165, 1.54) is 10.7 Å². The molecule has 4 rings (SSSR count). The molecular formula is C34H43N3O4S. The summed E-state index contributed by atoms with van der Waals surface area (Å²) in [5.74, 6) is -0.619. The highest BCUT2D eigenvalue weighted by Gasteiger charge is 2.34. The number of hydrogen-bond donors (Lipinski definition) is 1. The van der Waals surface area contributed by atoms with Crippen molar-refractivity contribution >= 4 is 27.5 Å². The van der Waals surface area contributed by atoms with E-state index in [0.29, 0.717) is 12.1 Å². The van der Waals surface area contributed by atoms with Crippen LogP contribution in [0.4, 0.5) is 5.69 Å².